The van der Waals surface area contributed by atoms with Gasteiger partial charge in [-0.3, -0.25) is 0 Å². The molecule has 0 aromatic heterocycles. The molecule has 3 aromatic rings. The van der Waals surface area contributed by atoms with Crippen LogP contribution in [0.5, 0.6) is 17.2 Å². The van der Waals surface area contributed by atoms with Gasteiger partial charge in [-0.15, -0.1) is 0 Å². The molecule has 2 N–H and O–H groups in total. The van der Waals surface area contributed by atoms with Gasteiger partial charge in [-0.2, -0.15) is 0 Å². The molecule has 0 amide bonds. The van der Waals surface area contributed by atoms with Crippen molar-refractivity contribution in [2.45, 2.75) is 11.9 Å². The van der Waals surface area contributed by atoms with Gasteiger partial charge in [0.05, 0.1) is 38.2 Å². The first-order valence-corrected chi connectivity index (χ1v) is 12.9. The van der Waals surface area contributed by atoms with Gasteiger partial charge < -0.3 is 23.7 Å². The van der Waals surface area contributed by atoms with E-state index < -0.39 is 16.1 Å². The summed E-state index contributed by atoms with van der Waals surface area (Å²) in [5.41, 5.74) is 3.97. The Bertz CT molecular complexity index is 1260. The second kappa shape index (κ2) is 11.1. The Morgan fingerprint density at radius 3 is 2.43 bits per heavy atom. The van der Waals surface area contributed by atoms with E-state index in [1.165, 1.54) is 0 Å². The number of ether oxygens (including phenoxy) is 5. The van der Waals surface area contributed by atoms with Crippen LogP contribution in [0, 0.1) is 0 Å². The van der Waals surface area contributed by atoms with Crippen LogP contribution >= 0.6 is 0 Å². The lowest BCUT2D eigenvalue weighted by Gasteiger charge is -2.31. The summed E-state index contributed by atoms with van der Waals surface area (Å²) in [6, 6.07) is 18.9. The SMILES string of the molecule is COCCOCCOc1ccc2c(c1OC)-c1ccc(CS(N)(=O)=O)cc1C(c1ccccc1)O2. The second-order valence-corrected chi connectivity index (χ2v) is 9.68. The van der Waals surface area contributed by atoms with Crippen molar-refractivity contribution in [3.8, 4) is 28.4 Å². The molecule has 0 fully saturated rings. The number of sulfonamides is 1. The lowest BCUT2D eigenvalue weighted by atomic mass is 9.88. The summed E-state index contributed by atoms with van der Waals surface area (Å²) in [5.74, 6) is 1.47. The van der Waals surface area contributed by atoms with Gasteiger partial charge in [0.25, 0.3) is 0 Å². The third-order valence-corrected chi connectivity index (χ3v) is 6.32. The van der Waals surface area contributed by atoms with Crippen LogP contribution < -0.4 is 19.3 Å². The number of nitrogens with two attached hydrogens (primary N) is 1. The third kappa shape index (κ3) is 5.94. The van der Waals surface area contributed by atoms with Crippen LogP contribution in [0.25, 0.3) is 11.1 Å². The summed E-state index contributed by atoms with van der Waals surface area (Å²) >= 11 is 0. The molecule has 1 aliphatic rings. The lowest BCUT2D eigenvalue weighted by molar-refractivity contribution is 0.0540. The van der Waals surface area contributed by atoms with Gasteiger partial charge in [0.1, 0.15) is 18.5 Å². The fourth-order valence-corrected chi connectivity index (χ4v) is 4.76. The van der Waals surface area contributed by atoms with Crippen LogP contribution in [-0.4, -0.2) is 49.1 Å². The van der Waals surface area contributed by atoms with Crippen LogP contribution in [0.15, 0.2) is 60.7 Å². The van der Waals surface area contributed by atoms with Crippen molar-refractivity contribution in [3.63, 3.8) is 0 Å². The van der Waals surface area contributed by atoms with Crippen LogP contribution in [0.2, 0.25) is 0 Å². The van der Waals surface area contributed by atoms with Crippen molar-refractivity contribution in [1.29, 1.82) is 0 Å². The van der Waals surface area contributed by atoms with Gasteiger partial charge in [-0.1, -0.05) is 48.5 Å². The standard InChI is InChI=1S/C26H29NO7S/c1-30-12-13-32-14-15-33-23-11-10-22-24(26(23)31-2)20-9-8-18(17-35(27,28)29)16-21(20)25(34-22)19-6-4-3-5-7-19/h3-11,16,25H,12-15,17H2,1-2H3,(H2,27,28,29). The van der Waals surface area contributed by atoms with E-state index in [0.29, 0.717) is 49.2 Å². The number of hydrogen-bond donors (Lipinski definition) is 1. The summed E-state index contributed by atoms with van der Waals surface area (Å²) in [7, 11) is -0.488. The number of fused-ring (bicyclic) bond motifs is 3. The van der Waals surface area contributed by atoms with E-state index in [-0.39, 0.29) is 5.75 Å². The van der Waals surface area contributed by atoms with E-state index in [1.807, 2.05) is 54.6 Å². The van der Waals surface area contributed by atoms with Gasteiger partial charge in [0, 0.05) is 12.7 Å². The van der Waals surface area contributed by atoms with Gasteiger partial charge in [-0.05, 0) is 28.8 Å². The topological polar surface area (TPSA) is 106 Å². The van der Waals surface area contributed by atoms with Crippen molar-refractivity contribution in [2.75, 3.05) is 40.6 Å². The third-order valence-electron chi connectivity index (χ3n) is 5.59. The largest absolute Gasteiger partial charge is 0.492 e. The molecule has 0 spiro atoms. The van der Waals surface area contributed by atoms with E-state index in [1.54, 1.807) is 20.3 Å². The highest BCUT2D eigenvalue weighted by atomic mass is 32.2. The fraction of sp³-hybridized carbons (Fsp3) is 0.308. The van der Waals surface area contributed by atoms with Gasteiger partial charge in [-0.25, -0.2) is 13.6 Å². The summed E-state index contributed by atoms with van der Waals surface area (Å²) in [6.45, 7) is 1.76. The Labute approximate surface area is 205 Å². The molecule has 1 atom stereocenters. The van der Waals surface area contributed by atoms with Crippen LogP contribution in [0.1, 0.15) is 22.8 Å². The Morgan fingerprint density at radius 1 is 0.943 bits per heavy atom. The second-order valence-electron chi connectivity index (χ2n) is 8.06. The summed E-state index contributed by atoms with van der Waals surface area (Å²) in [6.07, 6.45) is -0.426. The number of primary sulfonamides is 1. The number of benzene rings is 3. The number of methoxy groups -OCH3 is 2. The highest BCUT2D eigenvalue weighted by Gasteiger charge is 2.31. The zero-order chi connectivity index (χ0) is 24.8. The molecule has 0 saturated heterocycles. The average Bonchev–Trinajstić information content (AvgIpc) is 2.84. The number of rotatable bonds is 11. The van der Waals surface area contributed by atoms with Crippen molar-refractivity contribution in [1.82, 2.24) is 0 Å². The molecule has 4 rings (SSSR count). The minimum atomic E-state index is -3.69. The first-order chi connectivity index (χ1) is 16.9. The van der Waals surface area contributed by atoms with Crippen LogP contribution in [-0.2, 0) is 25.2 Å². The molecule has 1 aliphatic heterocycles. The van der Waals surface area contributed by atoms with E-state index in [9.17, 15) is 8.42 Å². The van der Waals surface area contributed by atoms with Crippen molar-refractivity contribution in [2.24, 2.45) is 5.14 Å². The zero-order valence-electron chi connectivity index (χ0n) is 19.7. The Morgan fingerprint density at radius 2 is 1.71 bits per heavy atom. The summed E-state index contributed by atoms with van der Waals surface area (Å²) in [5, 5.41) is 5.30. The summed E-state index contributed by atoms with van der Waals surface area (Å²) in [4.78, 5) is 0. The average molecular weight is 500 g/mol. The minimum absolute atomic E-state index is 0.266. The Balaban J connectivity index is 1.72. The Hall–Kier alpha value is -3.11. The molecular weight excluding hydrogens is 470 g/mol. The quantitative estimate of drug-likeness (QED) is 0.401. The monoisotopic (exact) mass is 499 g/mol. The molecule has 0 bridgehead atoms. The maximum atomic E-state index is 11.7. The van der Waals surface area contributed by atoms with E-state index >= 15 is 0 Å². The first kappa shape index (κ1) is 25.0. The van der Waals surface area contributed by atoms with Crippen LogP contribution in [0.4, 0.5) is 0 Å². The normalized spacial score (nSPS) is 14.5. The molecule has 0 aliphatic carbocycles. The molecule has 9 heteroatoms. The predicted molar refractivity (Wildman–Crippen MR) is 132 cm³/mol. The smallest absolute Gasteiger partial charge is 0.213 e. The zero-order valence-corrected chi connectivity index (χ0v) is 20.5. The molecule has 8 nitrogen and oxygen atoms in total. The maximum absolute atomic E-state index is 11.7. The molecule has 35 heavy (non-hydrogen) atoms. The lowest BCUT2D eigenvalue weighted by Crippen LogP contribution is -2.18. The van der Waals surface area contributed by atoms with Crippen LogP contribution in [0.3, 0.4) is 0 Å². The Kier molecular flexibility index (Phi) is 7.92. The fourth-order valence-electron chi connectivity index (χ4n) is 4.11. The minimum Gasteiger partial charge on any atom is -0.492 e. The van der Waals surface area contributed by atoms with E-state index in [0.717, 1.165) is 22.3 Å². The molecule has 3 aromatic carbocycles. The van der Waals surface area contributed by atoms with Crippen molar-refractivity contribution in [3.05, 3.63) is 77.4 Å². The highest BCUT2D eigenvalue weighted by Crippen LogP contribution is 2.52. The van der Waals surface area contributed by atoms with Gasteiger partial charge >= 0.3 is 0 Å². The predicted octanol–water partition coefficient (Wildman–Crippen LogP) is 3.67. The first-order valence-electron chi connectivity index (χ1n) is 11.2. The molecule has 0 radical (unpaired) electrons. The van der Waals surface area contributed by atoms with Crippen molar-refractivity contribution < 1.29 is 32.1 Å². The molecule has 0 saturated carbocycles. The van der Waals surface area contributed by atoms with Gasteiger partial charge in [0.15, 0.2) is 11.5 Å². The summed E-state index contributed by atoms with van der Waals surface area (Å²) < 4.78 is 52.1. The maximum Gasteiger partial charge on any atom is 0.213 e. The van der Waals surface area contributed by atoms with E-state index in [2.05, 4.69) is 0 Å². The number of hydrogen-bond acceptors (Lipinski definition) is 7. The molecule has 1 heterocycles. The molecular formula is C26H29NO7S. The van der Waals surface area contributed by atoms with Crippen molar-refractivity contribution >= 4 is 10.0 Å². The van der Waals surface area contributed by atoms with Gasteiger partial charge in [0.2, 0.25) is 10.0 Å². The molecule has 186 valence electrons. The highest BCUT2D eigenvalue weighted by molar-refractivity contribution is 7.88. The molecule has 1 unspecified atom stereocenters. The van der Waals surface area contributed by atoms with E-state index in [4.69, 9.17) is 28.8 Å².